The van der Waals surface area contributed by atoms with Crippen LogP contribution in [0.15, 0.2) is 59.1 Å². The van der Waals surface area contributed by atoms with Gasteiger partial charge in [0.15, 0.2) is 5.78 Å². The number of allylic oxidation sites excluding steroid dienone is 3. The lowest BCUT2D eigenvalue weighted by atomic mass is 9.76. The van der Waals surface area contributed by atoms with Crippen molar-refractivity contribution in [1.82, 2.24) is 9.88 Å². The van der Waals surface area contributed by atoms with E-state index in [-0.39, 0.29) is 18.3 Å². The van der Waals surface area contributed by atoms with E-state index in [0.717, 1.165) is 16.8 Å². The normalized spacial score (nSPS) is 17.8. The molecule has 1 aromatic heterocycles. The first-order valence-electron chi connectivity index (χ1n) is 9.58. The summed E-state index contributed by atoms with van der Waals surface area (Å²) in [6.45, 7) is 7.10. The van der Waals surface area contributed by atoms with Crippen LogP contribution in [0, 0.1) is 0 Å². The number of nitrogens with zero attached hydrogens (tertiary/aromatic N) is 1. The Kier molecular flexibility index (Phi) is 4.49. The third-order valence-electron chi connectivity index (χ3n) is 5.50. The highest BCUT2D eigenvalue weighted by molar-refractivity contribution is 6.11. The summed E-state index contributed by atoms with van der Waals surface area (Å²) >= 11 is 0. The number of ether oxygens (including phenoxy) is 1. The summed E-state index contributed by atoms with van der Waals surface area (Å²) < 4.78 is 6.92. The lowest BCUT2D eigenvalue weighted by Gasteiger charge is -2.31. The van der Waals surface area contributed by atoms with E-state index in [9.17, 15) is 14.4 Å². The topological polar surface area (TPSA) is 77.4 Å². The van der Waals surface area contributed by atoms with E-state index >= 15 is 0 Å². The number of fused-ring (bicyclic) bond motifs is 3. The van der Waals surface area contributed by atoms with Crippen LogP contribution in [0.25, 0.3) is 11.3 Å². The predicted molar refractivity (Wildman–Crippen MR) is 108 cm³/mol. The molecule has 0 radical (unpaired) electrons. The fourth-order valence-electron chi connectivity index (χ4n) is 4.42. The van der Waals surface area contributed by atoms with Crippen LogP contribution < -0.4 is 5.32 Å². The Morgan fingerprint density at radius 2 is 1.83 bits per heavy atom. The van der Waals surface area contributed by atoms with Gasteiger partial charge in [-0.1, -0.05) is 12.1 Å². The van der Waals surface area contributed by atoms with Gasteiger partial charge in [0.1, 0.15) is 0 Å². The summed E-state index contributed by atoms with van der Waals surface area (Å²) in [5.74, 6) is -1.33. The van der Waals surface area contributed by atoms with Crippen LogP contribution in [-0.2, 0) is 14.3 Å². The van der Waals surface area contributed by atoms with Crippen molar-refractivity contribution in [1.29, 1.82) is 0 Å². The molecular formula is C23H22N2O4. The molecule has 1 atom stereocenters. The Hall–Kier alpha value is -3.41. The summed E-state index contributed by atoms with van der Waals surface area (Å²) in [6.07, 6.45) is 1.73. The van der Waals surface area contributed by atoms with Gasteiger partial charge >= 0.3 is 5.97 Å². The predicted octanol–water partition coefficient (Wildman–Crippen LogP) is 3.54. The Morgan fingerprint density at radius 3 is 2.52 bits per heavy atom. The molecule has 0 saturated heterocycles. The van der Waals surface area contributed by atoms with Crippen molar-refractivity contribution in [2.75, 3.05) is 6.61 Å². The Labute approximate surface area is 168 Å². The van der Waals surface area contributed by atoms with Crippen LogP contribution in [0.1, 0.15) is 49.5 Å². The zero-order chi connectivity index (χ0) is 20.9. The number of esters is 1. The molecule has 6 nitrogen and oxygen atoms in total. The zero-order valence-electron chi connectivity index (χ0n) is 16.8. The minimum Gasteiger partial charge on any atom is -0.463 e. The number of carbonyl (C=O) groups is 3. The maximum atomic E-state index is 12.9. The fourth-order valence-corrected chi connectivity index (χ4v) is 4.42. The minimum atomic E-state index is -0.614. The number of nitrogens with one attached hydrogen (secondary N) is 1. The lowest BCUT2D eigenvalue weighted by Crippen LogP contribution is -2.31. The molecule has 6 heteroatoms. The maximum Gasteiger partial charge on any atom is 0.336 e. The number of ketones is 1. The van der Waals surface area contributed by atoms with Crippen LogP contribution in [0.2, 0.25) is 0 Å². The van der Waals surface area contributed by atoms with E-state index in [1.165, 1.54) is 6.92 Å². The summed E-state index contributed by atoms with van der Waals surface area (Å²) in [7, 11) is 0. The van der Waals surface area contributed by atoms with E-state index in [1.54, 1.807) is 36.7 Å². The number of rotatable bonds is 4. The number of carbonyl (C=O) groups excluding carboxylic acids is 3. The zero-order valence-corrected chi connectivity index (χ0v) is 16.8. The third kappa shape index (κ3) is 2.75. The lowest BCUT2D eigenvalue weighted by molar-refractivity contribution is -0.138. The quantitative estimate of drug-likeness (QED) is 0.690. The molecule has 0 fully saturated rings. The van der Waals surface area contributed by atoms with Crippen molar-refractivity contribution < 1.29 is 19.1 Å². The van der Waals surface area contributed by atoms with Gasteiger partial charge in [-0.25, -0.2) is 4.79 Å². The van der Waals surface area contributed by atoms with Crippen molar-refractivity contribution in [2.24, 2.45) is 0 Å². The number of dihydropyridines is 1. The third-order valence-corrected chi connectivity index (χ3v) is 5.50. The van der Waals surface area contributed by atoms with Gasteiger partial charge in [0.25, 0.3) is 5.91 Å². The molecule has 0 spiro atoms. The van der Waals surface area contributed by atoms with Crippen LogP contribution in [-0.4, -0.2) is 28.8 Å². The van der Waals surface area contributed by atoms with Gasteiger partial charge < -0.3 is 10.1 Å². The van der Waals surface area contributed by atoms with Crippen molar-refractivity contribution in [2.45, 2.75) is 33.6 Å². The van der Waals surface area contributed by atoms with Gasteiger partial charge in [-0.3, -0.25) is 14.2 Å². The molecule has 4 rings (SSSR count). The summed E-state index contributed by atoms with van der Waals surface area (Å²) in [6, 6.07) is 9.15. The van der Waals surface area contributed by atoms with E-state index < -0.39 is 11.9 Å². The highest BCUT2D eigenvalue weighted by Gasteiger charge is 2.39. The number of Topliss-reactive ketones (excluding diaryl/α,β-unsaturated/α-hetero) is 1. The molecule has 2 aliphatic heterocycles. The van der Waals surface area contributed by atoms with Crippen molar-refractivity contribution in [3.8, 4) is 11.3 Å². The van der Waals surface area contributed by atoms with E-state index in [1.807, 2.05) is 25.1 Å². The largest absolute Gasteiger partial charge is 0.463 e. The summed E-state index contributed by atoms with van der Waals surface area (Å²) in [4.78, 5) is 38.4. The van der Waals surface area contributed by atoms with E-state index in [0.29, 0.717) is 28.1 Å². The molecule has 3 heterocycles. The molecule has 0 bridgehead atoms. The molecule has 0 saturated carbocycles. The molecule has 2 aromatic rings. The molecule has 0 aliphatic carbocycles. The smallest absolute Gasteiger partial charge is 0.336 e. The van der Waals surface area contributed by atoms with Gasteiger partial charge in [-0.15, -0.1) is 0 Å². The fraction of sp³-hybridized carbons (Fsp3) is 0.261. The molecule has 2 aliphatic rings. The van der Waals surface area contributed by atoms with Crippen molar-refractivity contribution in [3.05, 3.63) is 70.2 Å². The Morgan fingerprint density at radius 1 is 1.10 bits per heavy atom. The first-order chi connectivity index (χ1) is 13.9. The SMILES string of the molecule is CCOC(=O)C1=C(C)NC(C)=C(C(C)=O)C1c1cccc2c1-c1cccn1C2=O. The molecule has 0 amide bonds. The molecule has 1 aromatic carbocycles. The second kappa shape index (κ2) is 6.88. The van der Waals surface area contributed by atoms with Gasteiger partial charge in [0.05, 0.1) is 17.9 Å². The van der Waals surface area contributed by atoms with Gasteiger partial charge in [0.2, 0.25) is 0 Å². The van der Waals surface area contributed by atoms with Crippen LogP contribution in [0.3, 0.4) is 0 Å². The highest BCUT2D eigenvalue weighted by atomic mass is 16.5. The summed E-state index contributed by atoms with van der Waals surface area (Å²) in [5, 5.41) is 3.16. The van der Waals surface area contributed by atoms with Gasteiger partial charge in [-0.05, 0) is 51.5 Å². The minimum absolute atomic E-state index is 0.112. The second-order valence-electron chi connectivity index (χ2n) is 7.25. The van der Waals surface area contributed by atoms with Crippen molar-refractivity contribution >= 4 is 17.7 Å². The number of hydrogen-bond donors (Lipinski definition) is 1. The molecule has 29 heavy (non-hydrogen) atoms. The summed E-state index contributed by atoms with van der Waals surface area (Å²) in [5.41, 5.74) is 5.09. The van der Waals surface area contributed by atoms with Crippen LogP contribution in [0.5, 0.6) is 0 Å². The standard InChI is InChI=1S/C23H22N2O4/c1-5-29-23(28)19-13(3)24-12(2)18(14(4)26)21(19)15-8-6-9-16-20(15)17-10-7-11-25(17)22(16)27/h6-11,21,24H,5H2,1-4H3. The van der Waals surface area contributed by atoms with Gasteiger partial charge in [-0.2, -0.15) is 0 Å². The molecule has 1 unspecified atom stereocenters. The molecule has 1 N–H and O–H groups in total. The highest BCUT2D eigenvalue weighted by Crippen LogP contribution is 2.45. The average Bonchev–Trinajstić information content (AvgIpc) is 3.24. The number of benzene rings is 1. The first-order valence-corrected chi connectivity index (χ1v) is 9.58. The van der Waals surface area contributed by atoms with Crippen molar-refractivity contribution in [3.63, 3.8) is 0 Å². The Balaban J connectivity index is 2.02. The average molecular weight is 390 g/mol. The number of hydrogen-bond acceptors (Lipinski definition) is 5. The molecule has 148 valence electrons. The maximum absolute atomic E-state index is 12.9. The first kappa shape index (κ1) is 18.9. The van der Waals surface area contributed by atoms with Gasteiger partial charge in [0, 0.05) is 40.2 Å². The Bertz CT molecular complexity index is 1130. The van der Waals surface area contributed by atoms with E-state index in [4.69, 9.17) is 4.74 Å². The van der Waals surface area contributed by atoms with Crippen LogP contribution >= 0.6 is 0 Å². The van der Waals surface area contributed by atoms with E-state index in [2.05, 4.69) is 5.32 Å². The second-order valence-corrected chi connectivity index (χ2v) is 7.25. The molecular weight excluding hydrogens is 368 g/mol. The van der Waals surface area contributed by atoms with Crippen LogP contribution in [0.4, 0.5) is 0 Å². The number of aromatic nitrogens is 1. The monoisotopic (exact) mass is 390 g/mol.